The third-order valence-corrected chi connectivity index (χ3v) is 18.1. The molecule has 14 amide bonds. The van der Waals surface area contributed by atoms with E-state index in [9.17, 15) is 87.2 Å². The van der Waals surface area contributed by atoms with Crippen LogP contribution in [0, 0.1) is 11.8 Å². The highest BCUT2D eigenvalue weighted by Gasteiger charge is 2.41. The Balaban J connectivity index is 1.99. The van der Waals surface area contributed by atoms with E-state index in [1.165, 1.54) is 32.6 Å². The van der Waals surface area contributed by atoms with Crippen LogP contribution in [-0.4, -0.2) is 249 Å². The number of hydrogen-bond acceptors (Lipinski definition) is 22. The van der Waals surface area contributed by atoms with Gasteiger partial charge in [-0.1, -0.05) is 52.3 Å². The Morgan fingerprint density at radius 2 is 1.04 bits per heavy atom. The highest BCUT2D eigenvalue weighted by Crippen LogP contribution is 2.22. The molecule has 2 aromatic rings. The largest absolute Gasteiger partial charge is 0.480 e. The number of nitrogens with zero attached hydrogens (tertiary/aromatic N) is 3. The molecular formula is C67H111N23O18S. The number of unbranched alkanes of at least 4 members (excludes halogenated alkanes) is 1. The third-order valence-electron chi connectivity index (χ3n) is 17.8. The van der Waals surface area contributed by atoms with Gasteiger partial charge in [-0.3, -0.25) is 77.1 Å². The van der Waals surface area contributed by atoms with Crippen LogP contribution in [0.1, 0.15) is 131 Å². The molecule has 608 valence electrons. The van der Waals surface area contributed by atoms with Gasteiger partial charge in [-0.2, -0.15) is 12.6 Å². The SMILES string of the molecule is CC[C@H](C)[C@H](NC(=O)[C@@H](NC(=O)[C@H](CS)NC(=O)[C@H](Cc1c[nH]c2ccccc12)NC(=O)[C@H](CCCN=C(N)N)NC(=O)[C@@H](NC(=O)[C@H](CC(N)=O)NC(=O)[C@H](CCCCN)NC(=O)[C@H](CCCN=C(N)N)NC(=O)[C@@H]1CCCN1C(=O)[C@H](C)N)C(C)C)[C@@H](C)O)C(=O)N[C@@H](CO)C(=O)N[C@@H](CCC(N)=O)C(=O)O. The molecule has 1 aliphatic heterocycles. The number of aliphatic hydroxyl groups excluding tert-OH is 2. The Morgan fingerprint density at radius 3 is 1.56 bits per heavy atom. The number of carboxylic acids is 1. The summed E-state index contributed by atoms with van der Waals surface area (Å²) in [4.78, 5) is 218. The van der Waals surface area contributed by atoms with Crippen LogP contribution in [0.3, 0.4) is 0 Å². The molecule has 0 saturated carbocycles. The molecule has 0 unspecified atom stereocenters. The Labute approximate surface area is 635 Å². The Kier molecular flexibility index (Phi) is 39.7. The van der Waals surface area contributed by atoms with Gasteiger partial charge in [0, 0.05) is 55.3 Å². The van der Waals surface area contributed by atoms with Crippen molar-refractivity contribution >= 4 is 124 Å². The Morgan fingerprint density at radius 1 is 0.569 bits per heavy atom. The first-order chi connectivity index (χ1) is 51.4. The molecule has 41 nitrogen and oxygen atoms in total. The summed E-state index contributed by atoms with van der Waals surface area (Å²) in [5.41, 5.74) is 45.7. The van der Waals surface area contributed by atoms with E-state index < -0.39 is 217 Å². The first kappa shape index (κ1) is 92.7. The number of fused-ring (bicyclic) bond motifs is 1. The topological polar surface area (TPSA) is 701 Å². The van der Waals surface area contributed by atoms with Gasteiger partial charge in [0.1, 0.15) is 72.5 Å². The number of nitrogens with two attached hydrogens (primary N) is 8. The predicted molar refractivity (Wildman–Crippen MR) is 401 cm³/mol. The van der Waals surface area contributed by atoms with Gasteiger partial charge >= 0.3 is 5.97 Å². The van der Waals surface area contributed by atoms with E-state index in [1.54, 1.807) is 37.4 Å². The highest BCUT2D eigenvalue weighted by atomic mass is 32.1. The van der Waals surface area contributed by atoms with E-state index in [0.717, 1.165) is 6.92 Å². The summed E-state index contributed by atoms with van der Waals surface area (Å²) in [6.45, 7) is 8.11. The second-order valence-corrected chi connectivity index (χ2v) is 27.3. The lowest BCUT2D eigenvalue weighted by atomic mass is 9.97. The summed E-state index contributed by atoms with van der Waals surface area (Å²) >= 11 is 4.30. The first-order valence-corrected chi connectivity index (χ1v) is 36.5. The average molecular weight is 1560 g/mol. The minimum atomic E-state index is -1.87. The fraction of sp³-hybridized carbons (Fsp3) is 0.627. The standard InChI is InChI=1S/C67H111N23O18S/c1-7-33(4)51(62(104)85-45(30-91)58(100)82-42(65(107)108)21-22-48(70)93)88-63(105)52(35(6)92)89-59(101)46(31-109)86-56(98)43(27-36-29-78-38-16-9-8-15-37(36)38)83-55(97)41(19-13-25-77-67(74)75)81-61(103)50(32(2)3)87-57(99)44(28-49(71)94)84-54(96)39(17-10-11-23-68)79-53(95)40(18-12-24-76-66(72)73)80-60(102)47-20-14-26-90(47)64(106)34(5)69/h8-9,15-16,29,32-35,39-47,50-52,78,91-92,109H,7,10-14,17-28,30-31,68-69H2,1-6H3,(H2,70,93)(H2,71,94)(H,79,95)(H,80,102)(H,81,103)(H,82,100)(H,83,97)(H,84,96)(H,85,104)(H,86,98)(H,87,99)(H,88,105)(H,89,101)(H,107,108)(H4,72,73,76)(H4,74,75,77)/t33-,34-,35+,39-,40-,41-,42-,43-,44-,45-,46-,47-,50-,51-,52-/m0/s1. The van der Waals surface area contributed by atoms with E-state index in [1.807, 2.05) is 0 Å². The number of aliphatic hydroxyl groups is 2. The van der Waals surface area contributed by atoms with Crippen molar-refractivity contribution in [1.82, 2.24) is 68.4 Å². The van der Waals surface area contributed by atoms with Gasteiger partial charge in [0.05, 0.1) is 25.2 Å². The van der Waals surface area contributed by atoms with E-state index in [4.69, 9.17) is 45.9 Å². The summed E-state index contributed by atoms with van der Waals surface area (Å²) in [5, 5.41) is 58.5. The van der Waals surface area contributed by atoms with Crippen molar-refractivity contribution in [2.75, 3.05) is 38.5 Å². The number of rotatable bonds is 49. The number of benzene rings is 1. The number of thiol groups is 1. The van der Waals surface area contributed by atoms with Crippen molar-refractivity contribution in [3.63, 3.8) is 0 Å². The molecule has 15 atom stereocenters. The number of aromatic amines is 1. The molecule has 1 saturated heterocycles. The number of aromatic nitrogens is 1. The van der Waals surface area contributed by atoms with Crippen LogP contribution >= 0.6 is 12.6 Å². The van der Waals surface area contributed by atoms with Crippen LogP contribution in [0.4, 0.5) is 0 Å². The number of H-pyrrole nitrogens is 1. The molecule has 2 heterocycles. The van der Waals surface area contributed by atoms with E-state index in [2.05, 4.69) is 86.1 Å². The minimum absolute atomic E-state index is 0.00213. The second-order valence-electron chi connectivity index (χ2n) is 26.9. The van der Waals surface area contributed by atoms with Gasteiger partial charge in [-0.05, 0) is 108 Å². The number of carbonyl (C=O) groups is 15. The van der Waals surface area contributed by atoms with Crippen molar-refractivity contribution in [2.45, 2.75) is 216 Å². The number of amides is 14. The average Bonchev–Trinajstić information content (AvgIpc) is 1.74. The normalized spacial score (nSPS) is 16.4. The number of carbonyl (C=O) groups excluding carboxylic acids is 14. The monoisotopic (exact) mass is 1560 g/mol. The number of aliphatic imine (C=N–C) groups is 2. The molecule has 31 N–H and O–H groups in total. The summed E-state index contributed by atoms with van der Waals surface area (Å²) in [7, 11) is 0. The fourth-order valence-electron chi connectivity index (χ4n) is 11.5. The Hall–Kier alpha value is -10.5. The summed E-state index contributed by atoms with van der Waals surface area (Å²) in [6, 6.07) is -12.9. The lowest BCUT2D eigenvalue weighted by Crippen LogP contribution is -2.63. The molecule has 1 aliphatic rings. The molecule has 109 heavy (non-hydrogen) atoms. The number of para-hydroxylation sites is 1. The maximum absolute atomic E-state index is 14.9. The van der Waals surface area contributed by atoms with Crippen molar-refractivity contribution < 1.29 is 87.2 Å². The van der Waals surface area contributed by atoms with Crippen LogP contribution in [0.15, 0.2) is 40.4 Å². The molecule has 0 radical (unpaired) electrons. The van der Waals surface area contributed by atoms with Gasteiger partial charge in [0.15, 0.2) is 11.9 Å². The number of carboxylic acid groups (broad SMARTS) is 1. The molecule has 3 rings (SSSR count). The van der Waals surface area contributed by atoms with E-state index >= 15 is 0 Å². The highest BCUT2D eigenvalue weighted by molar-refractivity contribution is 7.80. The molecule has 1 fully saturated rings. The predicted octanol–water partition coefficient (Wildman–Crippen LogP) is -8.15. The van der Waals surface area contributed by atoms with Crippen LogP contribution in [0.5, 0.6) is 0 Å². The van der Waals surface area contributed by atoms with Gasteiger partial charge in [0.2, 0.25) is 82.7 Å². The smallest absolute Gasteiger partial charge is 0.326 e. The lowest BCUT2D eigenvalue weighted by Gasteiger charge is -2.30. The molecule has 1 aromatic carbocycles. The Bertz CT molecular complexity index is 3530. The molecule has 0 aliphatic carbocycles. The zero-order chi connectivity index (χ0) is 81.9. The molecule has 0 spiro atoms. The van der Waals surface area contributed by atoms with Crippen molar-refractivity contribution in [2.24, 2.45) is 67.7 Å². The number of guanidine groups is 2. The first-order valence-electron chi connectivity index (χ1n) is 35.8. The fourth-order valence-corrected chi connectivity index (χ4v) is 11.7. The summed E-state index contributed by atoms with van der Waals surface area (Å²) in [5.74, 6) is -17.8. The minimum Gasteiger partial charge on any atom is -0.480 e. The number of aliphatic carboxylic acids is 1. The van der Waals surface area contributed by atoms with Gasteiger partial charge in [-0.25, -0.2) is 4.79 Å². The number of primary amides is 2. The number of nitrogens with one attached hydrogen (secondary N) is 12. The quantitative estimate of drug-likeness (QED) is 0.0127. The van der Waals surface area contributed by atoms with Crippen LogP contribution < -0.4 is 104 Å². The van der Waals surface area contributed by atoms with Crippen molar-refractivity contribution in [3.05, 3.63) is 36.0 Å². The van der Waals surface area contributed by atoms with Crippen molar-refractivity contribution in [1.29, 1.82) is 0 Å². The molecule has 1 aromatic heterocycles. The zero-order valence-corrected chi connectivity index (χ0v) is 63.0. The summed E-state index contributed by atoms with van der Waals surface area (Å²) in [6.07, 6.45) is -0.850. The van der Waals surface area contributed by atoms with Crippen molar-refractivity contribution in [3.8, 4) is 0 Å². The number of likely N-dealkylation sites (tertiary alicyclic amines) is 1. The van der Waals surface area contributed by atoms with Crippen LogP contribution in [0.2, 0.25) is 0 Å². The van der Waals surface area contributed by atoms with Gasteiger partial charge < -0.3 is 130 Å². The van der Waals surface area contributed by atoms with Gasteiger partial charge in [-0.15, -0.1) is 0 Å². The van der Waals surface area contributed by atoms with E-state index in [0.29, 0.717) is 29.3 Å². The van der Waals surface area contributed by atoms with E-state index in [-0.39, 0.29) is 95.9 Å². The van der Waals surface area contributed by atoms with Gasteiger partial charge in [0.25, 0.3) is 0 Å². The maximum Gasteiger partial charge on any atom is 0.326 e. The zero-order valence-electron chi connectivity index (χ0n) is 62.1. The molecular weight excluding hydrogens is 1450 g/mol. The molecule has 0 bridgehead atoms. The lowest BCUT2D eigenvalue weighted by molar-refractivity contribution is -0.143. The van der Waals surface area contributed by atoms with Crippen LogP contribution in [-0.2, 0) is 78.3 Å². The maximum atomic E-state index is 14.9. The third kappa shape index (κ3) is 31.0. The molecule has 42 heteroatoms. The summed E-state index contributed by atoms with van der Waals surface area (Å²) < 4.78 is 0. The second kappa shape index (κ2) is 46.7. The van der Waals surface area contributed by atoms with Crippen LogP contribution in [0.25, 0.3) is 10.9 Å². The number of hydrogen-bond donors (Lipinski definition) is 24.